The SMILES string of the molecule is CCn1cc(Cc2ccc(C(=O)O)cc2-c2ccc(OC)cc2CO)c2ccc(C(=N)N)cc21. The molecule has 34 heavy (non-hydrogen) atoms. The number of amidine groups is 1. The molecule has 0 unspecified atom stereocenters. The van der Waals surface area contributed by atoms with Gasteiger partial charge in [-0.05, 0) is 65.1 Å². The molecule has 0 aliphatic carbocycles. The third-order valence-corrected chi connectivity index (χ3v) is 6.13. The number of ether oxygens (including phenoxy) is 1. The summed E-state index contributed by atoms with van der Waals surface area (Å²) in [5.41, 5.74) is 11.7. The number of aryl methyl sites for hydroxylation is 1. The molecule has 5 N–H and O–H groups in total. The van der Waals surface area contributed by atoms with Crippen LogP contribution in [0.15, 0.2) is 60.8 Å². The molecule has 0 aliphatic rings. The topological polar surface area (TPSA) is 122 Å². The van der Waals surface area contributed by atoms with Gasteiger partial charge in [0.1, 0.15) is 11.6 Å². The van der Waals surface area contributed by atoms with Gasteiger partial charge in [-0.15, -0.1) is 0 Å². The number of aromatic carboxylic acids is 1. The third-order valence-electron chi connectivity index (χ3n) is 6.13. The van der Waals surface area contributed by atoms with Crippen LogP contribution in [-0.4, -0.2) is 33.7 Å². The van der Waals surface area contributed by atoms with Crippen LogP contribution in [0.25, 0.3) is 22.0 Å². The van der Waals surface area contributed by atoms with Crippen LogP contribution in [0.2, 0.25) is 0 Å². The molecule has 0 saturated heterocycles. The first-order valence-electron chi connectivity index (χ1n) is 11.0. The van der Waals surface area contributed by atoms with E-state index in [1.54, 1.807) is 31.4 Å². The van der Waals surface area contributed by atoms with Crippen molar-refractivity contribution in [3.8, 4) is 16.9 Å². The van der Waals surface area contributed by atoms with Crippen molar-refractivity contribution in [3.63, 3.8) is 0 Å². The fourth-order valence-corrected chi connectivity index (χ4v) is 4.35. The highest BCUT2D eigenvalue weighted by Crippen LogP contribution is 2.34. The zero-order valence-electron chi connectivity index (χ0n) is 19.1. The van der Waals surface area contributed by atoms with Crippen molar-refractivity contribution in [2.45, 2.75) is 26.5 Å². The van der Waals surface area contributed by atoms with Crippen LogP contribution in [0.4, 0.5) is 0 Å². The second kappa shape index (κ2) is 9.41. The van der Waals surface area contributed by atoms with E-state index in [0.717, 1.165) is 39.7 Å². The minimum Gasteiger partial charge on any atom is -0.497 e. The number of carboxylic acids is 1. The number of methoxy groups -OCH3 is 1. The van der Waals surface area contributed by atoms with Gasteiger partial charge in [-0.1, -0.05) is 24.3 Å². The average molecular weight is 458 g/mol. The monoisotopic (exact) mass is 457 g/mol. The second-order valence-corrected chi connectivity index (χ2v) is 8.12. The minimum atomic E-state index is -1.01. The smallest absolute Gasteiger partial charge is 0.335 e. The summed E-state index contributed by atoms with van der Waals surface area (Å²) in [6.45, 7) is 2.61. The molecular weight excluding hydrogens is 430 g/mol. The molecule has 3 aromatic carbocycles. The summed E-state index contributed by atoms with van der Waals surface area (Å²) in [6.07, 6.45) is 2.65. The molecule has 0 radical (unpaired) electrons. The van der Waals surface area contributed by atoms with Crippen LogP contribution < -0.4 is 10.5 Å². The molecule has 0 amide bonds. The number of fused-ring (bicyclic) bond motifs is 1. The first kappa shape index (κ1) is 23.1. The Morgan fingerprint density at radius 2 is 1.76 bits per heavy atom. The van der Waals surface area contributed by atoms with E-state index in [9.17, 15) is 15.0 Å². The highest BCUT2D eigenvalue weighted by Gasteiger charge is 2.17. The normalized spacial score (nSPS) is 11.0. The number of nitrogens with one attached hydrogen (secondary N) is 1. The maximum absolute atomic E-state index is 11.7. The van der Waals surface area contributed by atoms with Crippen molar-refractivity contribution in [2.24, 2.45) is 5.73 Å². The number of hydrogen-bond acceptors (Lipinski definition) is 4. The summed E-state index contributed by atoms with van der Waals surface area (Å²) in [5, 5.41) is 28.4. The fourth-order valence-electron chi connectivity index (χ4n) is 4.35. The van der Waals surface area contributed by atoms with Gasteiger partial charge in [-0.25, -0.2) is 4.79 Å². The van der Waals surface area contributed by atoms with Gasteiger partial charge in [-0.3, -0.25) is 5.41 Å². The number of aliphatic hydroxyl groups excluding tert-OH is 1. The number of aliphatic hydroxyl groups is 1. The molecule has 0 atom stereocenters. The highest BCUT2D eigenvalue weighted by molar-refractivity contribution is 5.99. The number of aromatic nitrogens is 1. The summed E-state index contributed by atoms with van der Waals surface area (Å²) in [7, 11) is 1.56. The van der Waals surface area contributed by atoms with E-state index in [1.165, 1.54) is 0 Å². The summed E-state index contributed by atoms with van der Waals surface area (Å²) < 4.78 is 7.41. The molecule has 0 aliphatic heterocycles. The predicted octanol–water partition coefficient (Wildman–Crippen LogP) is 4.40. The van der Waals surface area contributed by atoms with Crippen molar-refractivity contribution in [3.05, 3.63) is 88.6 Å². The van der Waals surface area contributed by atoms with Gasteiger partial charge in [0.2, 0.25) is 0 Å². The van der Waals surface area contributed by atoms with Crippen molar-refractivity contribution >= 4 is 22.7 Å². The molecule has 0 fully saturated rings. The van der Waals surface area contributed by atoms with E-state index < -0.39 is 5.97 Å². The van der Waals surface area contributed by atoms with Gasteiger partial charge in [0.05, 0.1) is 19.3 Å². The zero-order chi connectivity index (χ0) is 24.4. The van der Waals surface area contributed by atoms with Crippen LogP contribution >= 0.6 is 0 Å². The van der Waals surface area contributed by atoms with Gasteiger partial charge in [0, 0.05) is 35.6 Å². The second-order valence-electron chi connectivity index (χ2n) is 8.12. The number of nitrogens with zero attached hydrogens (tertiary/aromatic N) is 1. The van der Waals surface area contributed by atoms with E-state index in [0.29, 0.717) is 23.3 Å². The van der Waals surface area contributed by atoms with Crippen molar-refractivity contribution in [1.82, 2.24) is 4.57 Å². The molecular formula is C27H27N3O4. The molecule has 4 rings (SSSR count). The number of rotatable bonds is 8. The Balaban J connectivity index is 1.87. The molecule has 4 aromatic rings. The largest absolute Gasteiger partial charge is 0.497 e. The lowest BCUT2D eigenvalue weighted by Crippen LogP contribution is -2.10. The third kappa shape index (κ3) is 4.25. The number of nitrogen functional groups attached to an aromatic ring is 1. The lowest BCUT2D eigenvalue weighted by molar-refractivity contribution is 0.0697. The number of carboxylic acid groups (broad SMARTS) is 1. The summed E-state index contributed by atoms with van der Waals surface area (Å²) in [5.74, 6) is -0.364. The quantitative estimate of drug-likeness (QED) is 0.231. The lowest BCUT2D eigenvalue weighted by atomic mass is 9.90. The maximum Gasteiger partial charge on any atom is 0.335 e. The van der Waals surface area contributed by atoms with Gasteiger partial charge in [0.25, 0.3) is 0 Å². The van der Waals surface area contributed by atoms with Crippen LogP contribution in [0.5, 0.6) is 5.75 Å². The summed E-state index contributed by atoms with van der Waals surface area (Å²) in [6, 6.07) is 16.3. The molecule has 0 bridgehead atoms. The minimum absolute atomic E-state index is 0.0230. The molecule has 1 aromatic heterocycles. The Labute approximate surface area is 197 Å². The molecule has 0 spiro atoms. The highest BCUT2D eigenvalue weighted by atomic mass is 16.5. The molecule has 7 nitrogen and oxygen atoms in total. The number of nitrogens with two attached hydrogens (primary N) is 1. The van der Waals surface area contributed by atoms with Crippen LogP contribution in [-0.2, 0) is 19.6 Å². The Hall–Kier alpha value is -4.10. The molecule has 0 saturated carbocycles. The molecule has 174 valence electrons. The van der Waals surface area contributed by atoms with Gasteiger partial charge in [-0.2, -0.15) is 0 Å². The Morgan fingerprint density at radius 1 is 1.00 bits per heavy atom. The first-order valence-corrected chi connectivity index (χ1v) is 11.0. The number of benzene rings is 3. The average Bonchev–Trinajstić information content (AvgIpc) is 3.20. The van der Waals surface area contributed by atoms with Crippen molar-refractivity contribution in [1.29, 1.82) is 5.41 Å². The Morgan fingerprint density at radius 3 is 2.41 bits per heavy atom. The van der Waals surface area contributed by atoms with Gasteiger partial charge in [0.15, 0.2) is 0 Å². The van der Waals surface area contributed by atoms with Gasteiger partial charge < -0.3 is 25.3 Å². The fraction of sp³-hybridized carbons (Fsp3) is 0.185. The Bertz CT molecular complexity index is 1400. The predicted molar refractivity (Wildman–Crippen MR) is 133 cm³/mol. The van der Waals surface area contributed by atoms with Crippen molar-refractivity contribution in [2.75, 3.05) is 7.11 Å². The van der Waals surface area contributed by atoms with Crippen LogP contribution in [0, 0.1) is 5.41 Å². The number of carbonyl (C=O) groups is 1. The van der Waals surface area contributed by atoms with E-state index in [2.05, 4.69) is 17.7 Å². The van der Waals surface area contributed by atoms with Gasteiger partial charge >= 0.3 is 5.97 Å². The molecule has 7 heteroatoms. The van der Waals surface area contributed by atoms with E-state index in [-0.39, 0.29) is 18.0 Å². The van der Waals surface area contributed by atoms with Crippen LogP contribution in [0.1, 0.15) is 39.5 Å². The maximum atomic E-state index is 11.7. The number of hydrogen-bond donors (Lipinski definition) is 4. The standard InChI is InChI=1S/C27H27N3O4/c1-3-30-14-19(23-8-6-17(26(28)29)13-25(23)30)10-16-4-5-18(27(32)33)12-24(16)22-9-7-21(34-2)11-20(22)15-31/h4-9,11-14,31H,3,10,15H2,1-2H3,(H3,28,29)(H,32,33). The Kier molecular flexibility index (Phi) is 6.38. The summed E-state index contributed by atoms with van der Waals surface area (Å²) >= 11 is 0. The van der Waals surface area contributed by atoms with Crippen molar-refractivity contribution < 1.29 is 19.7 Å². The first-order chi connectivity index (χ1) is 16.4. The van der Waals surface area contributed by atoms with E-state index in [1.807, 2.05) is 30.3 Å². The van der Waals surface area contributed by atoms with Crippen LogP contribution in [0.3, 0.4) is 0 Å². The van der Waals surface area contributed by atoms with E-state index >= 15 is 0 Å². The zero-order valence-corrected chi connectivity index (χ0v) is 19.1. The lowest BCUT2D eigenvalue weighted by Gasteiger charge is -2.15. The van der Waals surface area contributed by atoms with E-state index in [4.69, 9.17) is 15.9 Å². The summed E-state index contributed by atoms with van der Waals surface area (Å²) in [4.78, 5) is 11.7. The molecule has 1 heterocycles.